The van der Waals surface area contributed by atoms with Gasteiger partial charge in [0, 0.05) is 58.5 Å². The SMILES string of the molecule is CO[C@H]1C[C@@H]2CC[C@@H](C)[C@@](O)(O2)C(=O)C(=O)N2CCCC[C@H]2C(=O)O[C@H]([C@H](C)C[C@@H]2CC[C@@H](O)[C@H](OC)C2)CC(=O)[C@H](C)/C=C(/C)[C@@H](O)[C@@H](OC)C(=O)[C@H](C)C[C@H](C)C=CC=C/C=C\1C. The summed E-state index contributed by atoms with van der Waals surface area (Å²) in [5, 5.41) is 33.8. The van der Waals surface area contributed by atoms with Gasteiger partial charge < -0.3 is 43.9 Å². The molecule has 366 valence electrons. The standard InChI is InChI=1S/C51H79NO13/c1-30-16-12-11-13-17-31(2)42(61-8)28-38-21-19-36(7)51(60,65-38)48(57)49(58)52-23-15-14-18-39(52)50(59)64-43(33(4)26-37-20-22-40(53)44(27-37)62-9)29-41(54)32(3)25-35(6)46(56)47(63-10)45(55)34(5)24-30/h11-13,16-17,25,30,32-34,36-40,42-44,46-47,53,56,60H,14-15,18-24,26-29H2,1-10H3/b13-11?,16-12?,31-17-,35-25-/t30-,32-,33-,34-,36-,37+,38+,39+,40-,42+,43+,44-,46-,47+,51-/m1/s1. The summed E-state index contributed by atoms with van der Waals surface area (Å²) < 4.78 is 29.4. The lowest BCUT2D eigenvalue weighted by atomic mass is 9.78. The number of rotatable bonds is 6. The van der Waals surface area contributed by atoms with Gasteiger partial charge in [0.2, 0.25) is 5.79 Å². The fraction of sp³-hybridized carbons (Fsp3) is 0.745. The fourth-order valence-electron chi connectivity index (χ4n) is 10.1. The molecule has 0 aromatic rings. The molecule has 15 atom stereocenters. The van der Waals surface area contributed by atoms with Crippen LogP contribution in [0.4, 0.5) is 0 Å². The van der Waals surface area contributed by atoms with Crippen LogP contribution in [0.15, 0.2) is 47.6 Å². The summed E-state index contributed by atoms with van der Waals surface area (Å²) >= 11 is 0. The highest BCUT2D eigenvalue weighted by Gasteiger charge is 2.53. The third-order valence-corrected chi connectivity index (χ3v) is 14.5. The lowest BCUT2D eigenvalue weighted by molar-refractivity contribution is -0.265. The molecule has 3 fully saturated rings. The van der Waals surface area contributed by atoms with E-state index < -0.39 is 83.9 Å². The van der Waals surface area contributed by atoms with E-state index in [-0.39, 0.29) is 54.8 Å². The molecular formula is C51H79NO13. The molecule has 4 rings (SSSR count). The van der Waals surface area contributed by atoms with Crippen LogP contribution in [0.1, 0.15) is 126 Å². The monoisotopic (exact) mass is 914 g/mol. The summed E-state index contributed by atoms with van der Waals surface area (Å²) in [7, 11) is 4.52. The quantitative estimate of drug-likeness (QED) is 0.156. The number of esters is 1. The number of carbonyl (C=O) groups excluding carboxylic acids is 5. The second kappa shape index (κ2) is 25.1. The van der Waals surface area contributed by atoms with Crippen LogP contribution in [-0.2, 0) is 47.7 Å². The minimum absolute atomic E-state index is 0.0193. The van der Waals surface area contributed by atoms with Crippen LogP contribution in [-0.4, -0.2) is 132 Å². The molecule has 0 spiro atoms. The summed E-state index contributed by atoms with van der Waals surface area (Å²) in [4.78, 5) is 71.8. The number of carbonyl (C=O) groups is 5. The molecule has 65 heavy (non-hydrogen) atoms. The molecule has 1 amide bonds. The van der Waals surface area contributed by atoms with Crippen molar-refractivity contribution in [3.05, 3.63) is 47.6 Å². The van der Waals surface area contributed by atoms with Gasteiger partial charge in [-0.2, -0.15) is 0 Å². The van der Waals surface area contributed by atoms with Crippen LogP contribution in [0, 0.1) is 35.5 Å². The number of Topliss-reactive ketones (excluding diaryl/α,β-unsaturated/α-hetero) is 3. The molecule has 0 radical (unpaired) electrons. The molecular weight excluding hydrogens is 835 g/mol. The summed E-state index contributed by atoms with van der Waals surface area (Å²) in [6, 6.07) is -1.14. The van der Waals surface area contributed by atoms with Crippen LogP contribution in [0.5, 0.6) is 0 Å². The number of fused-ring (bicyclic) bond motifs is 3. The van der Waals surface area contributed by atoms with E-state index in [4.69, 9.17) is 23.7 Å². The zero-order chi connectivity index (χ0) is 48.2. The Bertz CT molecular complexity index is 1760. The van der Waals surface area contributed by atoms with Crippen molar-refractivity contribution in [2.45, 2.75) is 180 Å². The largest absolute Gasteiger partial charge is 0.460 e. The molecule has 3 heterocycles. The topological polar surface area (TPSA) is 195 Å². The third-order valence-electron chi connectivity index (χ3n) is 14.5. The van der Waals surface area contributed by atoms with E-state index in [0.717, 1.165) is 12.0 Å². The van der Waals surface area contributed by atoms with Gasteiger partial charge >= 0.3 is 5.97 Å². The molecule has 0 aromatic carbocycles. The van der Waals surface area contributed by atoms with E-state index in [0.29, 0.717) is 63.4 Å². The first-order valence-corrected chi connectivity index (χ1v) is 23.9. The van der Waals surface area contributed by atoms with Gasteiger partial charge in [0.25, 0.3) is 11.7 Å². The predicted molar refractivity (Wildman–Crippen MR) is 245 cm³/mol. The molecule has 14 heteroatoms. The average molecular weight is 914 g/mol. The van der Waals surface area contributed by atoms with Gasteiger partial charge in [-0.15, -0.1) is 0 Å². The van der Waals surface area contributed by atoms with E-state index in [1.54, 1.807) is 41.1 Å². The average Bonchev–Trinajstić information content (AvgIpc) is 3.28. The Hall–Kier alpha value is -3.37. The Morgan fingerprint density at radius 3 is 2.25 bits per heavy atom. The minimum Gasteiger partial charge on any atom is -0.460 e. The van der Waals surface area contributed by atoms with Crippen LogP contribution in [0.2, 0.25) is 0 Å². The molecule has 2 saturated heterocycles. The maximum atomic E-state index is 14.4. The van der Waals surface area contributed by atoms with Crippen molar-refractivity contribution >= 4 is 29.2 Å². The first kappa shape index (κ1) is 54.2. The Morgan fingerprint density at radius 2 is 1.57 bits per heavy atom. The number of piperidine rings is 1. The molecule has 0 aromatic heterocycles. The number of amides is 1. The van der Waals surface area contributed by atoms with Crippen molar-refractivity contribution in [1.82, 2.24) is 4.90 Å². The number of hydrogen-bond acceptors (Lipinski definition) is 13. The summed E-state index contributed by atoms with van der Waals surface area (Å²) in [5.41, 5.74) is 1.27. The summed E-state index contributed by atoms with van der Waals surface area (Å²) in [6.07, 6.45) is 11.2. The van der Waals surface area contributed by atoms with Crippen LogP contribution >= 0.6 is 0 Å². The molecule has 3 N–H and O–H groups in total. The van der Waals surface area contributed by atoms with E-state index in [2.05, 4.69) is 0 Å². The van der Waals surface area contributed by atoms with Gasteiger partial charge in [0.1, 0.15) is 30.1 Å². The molecule has 2 bridgehead atoms. The number of aliphatic hydroxyl groups excluding tert-OH is 2. The molecule has 0 unspecified atom stereocenters. The van der Waals surface area contributed by atoms with Crippen molar-refractivity contribution in [2.24, 2.45) is 35.5 Å². The van der Waals surface area contributed by atoms with Crippen LogP contribution < -0.4 is 0 Å². The molecule has 4 aliphatic rings. The lowest BCUT2D eigenvalue weighted by Crippen LogP contribution is -2.61. The highest BCUT2D eigenvalue weighted by atomic mass is 16.6. The molecule has 1 aliphatic carbocycles. The second-order valence-corrected chi connectivity index (χ2v) is 19.6. The normalized spacial score (nSPS) is 39.4. The highest BCUT2D eigenvalue weighted by Crippen LogP contribution is 2.38. The van der Waals surface area contributed by atoms with Gasteiger partial charge in [-0.3, -0.25) is 19.2 Å². The third kappa shape index (κ3) is 14.3. The number of ether oxygens (including phenoxy) is 5. The molecule has 14 nitrogen and oxygen atoms in total. The number of methoxy groups -OCH3 is 3. The predicted octanol–water partition coefficient (Wildman–Crippen LogP) is 6.18. The number of nitrogens with zero attached hydrogens (tertiary/aromatic N) is 1. The number of allylic oxidation sites excluding steroid dienone is 6. The van der Waals surface area contributed by atoms with Gasteiger partial charge in [-0.05, 0) is 107 Å². The second-order valence-electron chi connectivity index (χ2n) is 19.6. The fourth-order valence-corrected chi connectivity index (χ4v) is 10.1. The van der Waals surface area contributed by atoms with E-state index in [1.165, 1.54) is 12.0 Å². The van der Waals surface area contributed by atoms with Gasteiger partial charge in [0.15, 0.2) is 5.78 Å². The minimum atomic E-state index is -2.43. The van der Waals surface area contributed by atoms with E-state index in [9.17, 15) is 39.3 Å². The Kier molecular flexibility index (Phi) is 21.0. The Morgan fingerprint density at radius 1 is 0.846 bits per heavy atom. The number of cyclic esters (lactones) is 1. The highest BCUT2D eigenvalue weighted by molar-refractivity contribution is 6.39. The summed E-state index contributed by atoms with van der Waals surface area (Å²) in [6.45, 7) is 12.7. The lowest BCUT2D eigenvalue weighted by Gasteiger charge is -2.42. The van der Waals surface area contributed by atoms with Gasteiger partial charge in [-0.25, -0.2) is 4.79 Å². The van der Waals surface area contributed by atoms with E-state index >= 15 is 0 Å². The van der Waals surface area contributed by atoms with Crippen molar-refractivity contribution < 1.29 is 63.0 Å². The van der Waals surface area contributed by atoms with Crippen molar-refractivity contribution in [3.63, 3.8) is 0 Å². The number of aliphatic hydroxyl groups is 3. The first-order chi connectivity index (χ1) is 30.7. The van der Waals surface area contributed by atoms with Gasteiger partial charge in [-0.1, -0.05) is 71.1 Å². The maximum Gasteiger partial charge on any atom is 0.329 e. The zero-order valence-corrected chi connectivity index (χ0v) is 40.6. The van der Waals surface area contributed by atoms with Gasteiger partial charge in [0.05, 0.1) is 24.4 Å². The molecule has 1 saturated carbocycles. The Balaban J connectivity index is 1.70. The summed E-state index contributed by atoms with van der Waals surface area (Å²) in [5.74, 6) is -7.96. The van der Waals surface area contributed by atoms with Crippen LogP contribution in [0.25, 0.3) is 0 Å². The van der Waals surface area contributed by atoms with E-state index in [1.807, 2.05) is 58.1 Å². The van der Waals surface area contributed by atoms with Crippen LogP contribution in [0.3, 0.4) is 0 Å². The number of ketones is 3. The zero-order valence-electron chi connectivity index (χ0n) is 40.6. The number of hydrogen-bond donors (Lipinski definition) is 3. The smallest absolute Gasteiger partial charge is 0.329 e. The van der Waals surface area contributed by atoms with Crippen molar-refractivity contribution in [2.75, 3.05) is 27.9 Å². The molecule has 3 aliphatic heterocycles. The maximum absolute atomic E-state index is 14.4. The van der Waals surface area contributed by atoms with Crippen molar-refractivity contribution in [1.29, 1.82) is 0 Å². The van der Waals surface area contributed by atoms with Crippen molar-refractivity contribution in [3.8, 4) is 0 Å². The first-order valence-electron chi connectivity index (χ1n) is 23.9. The Labute approximate surface area is 387 Å².